The maximum Gasteiger partial charge on any atom is 0.137 e. The van der Waals surface area contributed by atoms with E-state index in [0.29, 0.717) is 12.1 Å². The Balaban J connectivity index is 1.89. The number of hydrogen-bond acceptors (Lipinski definition) is 4. The maximum atomic E-state index is 5.61. The Bertz CT molecular complexity index is 250. The second-order valence-electron chi connectivity index (χ2n) is 4.28. The lowest BCUT2D eigenvalue weighted by Gasteiger charge is -2.39. The SMILES string of the molecule is CC1CN(CN2CCSC2=S)C(C)CO1. The molecule has 2 atom stereocenters. The van der Waals surface area contributed by atoms with Gasteiger partial charge < -0.3 is 9.64 Å². The van der Waals surface area contributed by atoms with Gasteiger partial charge in [-0.25, -0.2) is 0 Å². The number of ether oxygens (including phenoxy) is 1. The van der Waals surface area contributed by atoms with Crippen molar-refractivity contribution in [3.63, 3.8) is 0 Å². The van der Waals surface area contributed by atoms with Gasteiger partial charge in [-0.1, -0.05) is 24.0 Å². The van der Waals surface area contributed by atoms with Crippen molar-refractivity contribution >= 4 is 28.3 Å². The molecule has 0 radical (unpaired) electrons. The topological polar surface area (TPSA) is 15.7 Å². The van der Waals surface area contributed by atoms with Crippen LogP contribution in [0, 0.1) is 0 Å². The van der Waals surface area contributed by atoms with Gasteiger partial charge in [0.25, 0.3) is 0 Å². The van der Waals surface area contributed by atoms with Gasteiger partial charge in [0.15, 0.2) is 0 Å². The van der Waals surface area contributed by atoms with Crippen LogP contribution < -0.4 is 0 Å². The number of thioether (sulfide) groups is 1. The van der Waals surface area contributed by atoms with Crippen molar-refractivity contribution in [1.29, 1.82) is 0 Å². The smallest absolute Gasteiger partial charge is 0.137 e. The third-order valence-corrected chi connectivity index (χ3v) is 4.44. The van der Waals surface area contributed by atoms with Gasteiger partial charge in [-0.15, -0.1) is 0 Å². The van der Waals surface area contributed by atoms with Gasteiger partial charge in [0.2, 0.25) is 0 Å². The van der Waals surface area contributed by atoms with E-state index in [2.05, 4.69) is 23.6 Å². The first-order valence-corrected chi connectivity index (χ1v) is 6.83. The molecule has 0 aliphatic carbocycles. The van der Waals surface area contributed by atoms with E-state index in [1.165, 1.54) is 0 Å². The van der Waals surface area contributed by atoms with E-state index >= 15 is 0 Å². The zero-order valence-corrected chi connectivity index (χ0v) is 10.9. The fourth-order valence-corrected chi connectivity index (χ4v) is 3.16. The molecule has 2 rings (SSSR count). The van der Waals surface area contributed by atoms with Crippen molar-refractivity contribution in [2.45, 2.75) is 26.0 Å². The zero-order chi connectivity index (χ0) is 10.8. The highest BCUT2D eigenvalue weighted by atomic mass is 32.2. The molecule has 0 spiro atoms. The van der Waals surface area contributed by atoms with Crippen LogP contribution in [0.15, 0.2) is 0 Å². The fraction of sp³-hybridized carbons (Fsp3) is 0.900. The van der Waals surface area contributed by atoms with Crippen molar-refractivity contribution in [2.24, 2.45) is 0 Å². The van der Waals surface area contributed by atoms with Gasteiger partial charge in [0, 0.05) is 24.9 Å². The predicted molar refractivity (Wildman–Crippen MR) is 68.2 cm³/mol. The molecule has 0 N–H and O–H groups in total. The minimum Gasteiger partial charge on any atom is -0.376 e. The average Bonchev–Trinajstić information content (AvgIpc) is 2.58. The van der Waals surface area contributed by atoms with Crippen LogP contribution in [0.2, 0.25) is 0 Å². The molecule has 3 nitrogen and oxygen atoms in total. The molecule has 0 aromatic carbocycles. The van der Waals surface area contributed by atoms with Gasteiger partial charge in [-0.2, -0.15) is 0 Å². The summed E-state index contributed by atoms with van der Waals surface area (Å²) >= 11 is 7.10. The molecule has 5 heteroatoms. The van der Waals surface area contributed by atoms with Crippen molar-refractivity contribution in [3.8, 4) is 0 Å². The molecule has 2 aliphatic heterocycles. The Morgan fingerprint density at radius 3 is 3.00 bits per heavy atom. The first kappa shape index (κ1) is 11.6. The van der Waals surface area contributed by atoms with Crippen LogP contribution in [0.1, 0.15) is 13.8 Å². The second kappa shape index (κ2) is 4.99. The van der Waals surface area contributed by atoms with Crippen LogP contribution >= 0.6 is 24.0 Å². The van der Waals surface area contributed by atoms with Crippen molar-refractivity contribution in [2.75, 3.05) is 32.1 Å². The van der Waals surface area contributed by atoms with Crippen LogP contribution in [0.25, 0.3) is 0 Å². The number of hydrogen-bond donors (Lipinski definition) is 0. The van der Waals surface area contributed by atoms with Gasteiger partial charge in [0.1, 0.15) is 4.32 Å². The van der Waals surface area contributed by atoms with E-state index in [-0.39, 0.29) is 0 Å². The molecular formula is C10H18N2OS2. The monoisotopic (exact) mass is 246 g/mol. The second-order valence-corrected chi connectivity index (χ2v) is 6.01. The number of rotatable bonds is 2. The number of morpholine rings is 1. The van der Waals surface area contributed by atoms with E-state index < -0.39 is 0 Å². The summed E-state index contributed by atoms with van der Waals surface area (Å²) in [5.41, 5.74) is 0. The zero-order valence-electron chi connectivity index (χ0n) is 9.31. The number of nitrogens with zero attached hydrogens (tertiary/aromatic N) is 2. The summed E-state index contributed by atoms with van der Waals surface area (Å²) in [6.45, 7) is 8.29. The summed E-state index contributed by atoms with van der Waals surface area (Å²) in [5, 5.41) is 0. The quantitative estimate of drug-likeness (QED) is 0.682. The van der Waals surface area contributed by atoms with Gasteiger partial charge >= 0.3 is 0 Å². The van der Waals surface area contributed by atoms with Gasteiger partial charge in [-0.05, 0) is 13.8 Å². The highest BCUT2D eigenvalue weighted by molar-refractivity contribution is 8.23. The Kier molecular flexibility index (Phi) is 3.88. The first-order chi connectivity index (χ1) is 7.16. The highest BCUT2D eigenvalue weighted by Crippen LogP contribution is 2.20. The summed E-state index contributed by atoms with van der Waals surface area (Å²) in [7, 11) is 0. The lowest BCUT2D eigenvalue weighted by molar-refractivity contribution is -0.0595. The minimum absolute atomic E-state index is 0.352. The van der Waals surface area contributed by atoms with Crippen LogP contribution in [0.3, 0.4) is 0 Å². The molecule has 0 saturated carbocycles. The molecule has 2 heterocycles. The largest absolute Gasteiger partial charge is 0.376 e. The van der Waals surface area contributed by atoms with Crippen LogP contribution in [0.4, 0.5) is 0 Å². The fourth-order valence-electron chi connectivity index (χ4n) is 1.94. The van der Waals surface area contributed by atoms with Gasteiger partial charge in [-0.3, -0.25) is 4.90 Å². The highest BCUT2D eigenvalue weighted by Gasteiger charge is 2.27. The normalized spacial score (nSPS) is 33.7. The molecule has 0 bridgehead atoms. The Labute approximate surface area is 101 Å². The Morgan fingerprint density at radius 1 is 1.53 bits per heavy atom. The molecule has 2 aliphatic rings. The van der Waals surface area contributed by atoms with Crippen molar-refractivity contribution in [1.82, 2.24) is 9.80 Å². The molecule has 86 valence electrons. The van der Waals surface area contributed by atoms with E-state index in [1.54, 1.807) is 11.8 Å². The summed E-state index contributed by atoms with van der Waals surface area (Å²) in [4.78, 5) is 4.76. The molecule has 2 fully saturated rings. The molecular weight excluding hydrogens is 228 g/mol. The standard InChI is InChI=1S/C10H18N2OS2/c1-8-6-13-9(2)5-12(8)7-11-3-4-15-10(11)14/h8-9H,3-7H2,1-2H3. The van der Waals surface area contributed by atoms with E-state index in [4.69, 9.17) is 17.0 Å². The van der Waals surface area contributed by atoms with Crippen LogP contribution in [-0.4, -0.2) is 58.4 Å². The third-order valence-electron chi connectivity index (χ3n) is 2.93. The number of thiocarbonyl (C=S) groups is 1. The molecule has 0 aromatic heterocycles. The summed E-state index contributed by atoms with van der Waals surface area (Å²) < 4.78 is 6.67. The van der Waals surface area contributed by atoms with Gasteiger partial charge in [0.05, 0.1) is 19.4 Å². The lowest BCUT2D eigenvalue weighted by Crippen LogP contribution is -2.51. The summed E-state index contributed by atoms with van der Waals surface area (Å²) in [5.74, 6) is 1.15. The maximum absolute atomic E-state index is 5.61. The minimum atomic E-state index is 0.352. The van der Waals surface area contributed by atoms with Crippen LogP contribution in [-0.2, 0) is 4.74 Å². The van der Waals surface area contributed by atoms with Crippen molar-refractivity contribution < 1.29 is 4.74 Å². The third kappa shape index (κ3) is 2.84. The molecule has 15 heavy (non-hydrogen) atoms. The summed E-state index contributed by atoms with van der Waals surface area (Å²) in [6.07, 6.45) is 0.352. The summed E-state index contributed by atoms with van der Waals surface area (Å²) in [6, 6.07) is 0.509. The lowest BCUT2D eigenvalue weighted by atomic mass is 10.2. The van der Waals surface area contributed by atoms with E-state index in [9.17, 15) is 0 Å². The Morgan fingerprint density at radius 2 is 2.33 bits per heavy atom. The predicted octanol–water partition coefficient (Wildman–Crippen LogP) is 1.39. The van der Waals surface area contributed by atoms with E-state index in [1.807, 2.05) is 0 Å². The molecule has 2 unspecified atom stereocenters. The van der Waals surface area contributed by atoms with Crippen LogP contribution in [0.5, 0.6) is 0 Å². The van der Waals surface area contributed by atoms with E-state index in [0.717, 1.165) is 36.4 Å². The first-order valence-electron chi connectivity index (χ1n) is 5.44. The molecule has 0 aromatic rings. The average molecular weight is 246 g/mol. The van der Waals surface area contributed by atoms with Crippen molar-refractivity contribution in [3.05, 3.63) is 0 Å². The Hall–Kier alpha value is 0.160. The molecule has 2 saturated heterocycles. The molecule has 0 amide bonds.